The first-order valence-corrected chi connectivity index (χ1v) is 11.2. The first-order valence-electron chi connectivity index (χ1n) is 10.4. The number of rotatable bonds is 8. The number of hydrogen-bond donors (Lipinski definition) is 0. The lowest BCUT2D eigenvalue weighted by atomic mass is 9.88. The molecule has 2 rings (SSSR count). The van der Waals surface area contributed by atoms with E-state index in [1.54, 1.807) is 7.11 Å². The summed E-state index contributed by atoms with van der Waals surface area (Å²) < 4.78 is 6.41. The van der Waals surface area contributed by atoms with E-state index in [9.17, 15) is 9.59 Å². The van der Waals surface area contributed by atoms with Gasteiger partial charge in [0.25, 0.3) is 0 Å². The Hall–Kier alpha value is -1.88. The van der Waals surface area contributed by atoms with Gasteiger partial charge in [-0.2, -0.15) is 0 Å². The quantitative estimate of drug-likeness (QED) is 0.508. The number of hydrogen-bond acceptors (Lipinski definition) is 4. The minimum Gasteiger partial charge on any atom is -0.497 e. The minimum absolute atomic E-state index is 0.0814. The zero-order valence-corrected chi connectivity index (χ0v) is 19.9. The van der Waals surface area contributed by atoms with E-state index in [0.29, 0.717) is 16.7 Å². The first-order chi connectivity index (χ1) is 13.4. The molecule has 0 fully saturated rings. The van der Waals surface area contributed by atoms with Crippen LogP contribution in [0.15, 0.2) is 18.2 Å². The summed E-state index contributed by atoms with van der Waals surface area (Å²) in [4.78, 5) is 29.1. The van der Waals surface area contributed by atoms with Crippen LogP contribution in [0.1, 0.15) is 63.7 Å². The molecule has 0 atom stereocenters. The Kier molecular flexibility index (Phi) is 7.50. The second-order valence-electron chi connectivity index (χ2n) is 9.61. The Labute approximate surface area is 179 Å². The molecule has 1 heterocycles. The van der Waals surface area contributed by atoms with Gasteiger partial charge in [-0.25, -0.2) is 0 Å². The lowest BCUT2D eigenvalue weighted by Gasteiger charge is -2.27. The number of amides is 1. The third-order valence-electron chi connectivity index (χ3n) is 4.74. The number of carbonyl (C=O) groups excluding carboxylic acids is 2. The molecule has 160 valence electrons. The molecule has 1 aromatic heterocycles. The molecule has 5 heteroatoms. The number of fused-ring (bicyclic) bond motifs is 1. The number of ether oxygens (including phenoxy) is 1. The van der Waals surface area contributed by atoms with Crippen LogP contribution in [0.25, 0.3) is 10.1 Å². The maximum absolute atomic E-state index is 13.3. The molecule has 4 nitrogen and oxygen atoms in total. The lowest BCUT2D eigenvalue weighted by Crippen LogP contribution is -2.38. The van der Waals surface area contributed by atoms with Crippen LogP contribution >= 0.6 is 11.3 Å². The number of benzene rings is 1. The summed E-state index contributed by atoms with van der Waals surface area (Å²) in [6.07, 6.45) is 0.240. The van der Waals surface area contributed by atoms with Crippen LogP contribution in [0.2, 0.25) is 0 Å². The van der Waals surface area contributed by atoms with Gasteiger partial charge >= 0.3 is 0 Å². The van der Waals surface area contributed by atoms with Crippen molar-refractivity contribution in [1.82, 2.24) is 4.90 Å². The second-order valence-corrected chi connectivity index (χ2v) is 10.7. The molecule has 0 saturated heterocycles. The van der Waals surface area contributed by atoms with Gasteiger partial charge in [0.05, 0.1) is 18.4 Å². The van der Waals surface area contributed by atoms with Crippen LogP contribution in [-0.4, -0.2) is 36.8 Å². The van der Waals surface area contributed by atoms with Crippen molar-refractivity contribution >= 4 is 33.1 Å². The van der Waals surface area contributed by atoms with Gasteiger partial charge in [0.2, 0.25) is 5.91 Å². The number of nitrogens with zero attached hydrogens (tertiary/aromatic N) is 1. The largest absolute Gasteiger partial charge is 0.497 e. The van der Waals surface area contributed by atoms with Crippen LogP contribution in [0.3, 0.4) is 0 Å². The highest BCUT2D eigenvalue weighted by atomic mass is 32.1. The summed E-state index contributed by atoms with van der Waals surface area (Å²) in [6, 6.07) is 5.83. The van der Waals surface area contributed by atoms with Crippen LogP contribution in [0.4, 0.5) is 0 Å². The third kappa shape index (κ3) is 5.81. The Morgan fingerprint density at radius 2 is 1.66 bits per heavy atom. The SMILES string of the molecule is COc1ccc2sc(C(=O)C(C)(C)C)c(CC(=O)N(CC(C)C)CC(C)C)c2c1. The molecule has 1 amide bonds. The van der Waals surface area contributed by atoms with Crippen molar-refractivity contribution in [3.8, 4) is 5.75 Å². The molecule has 0 spiro atoms. The molecule has 0 aliphatic rings. The first kappa shape index (κ1) is 23.4. The van der Waals surface area contributed by atoms with E-state index in [1.807, 2.05) is 43.9 Å². The van der Waals surface area contributed by atoms with Gasteiger partial charge in [0.15, 0.2) is 5.78 Å². The highest BCUT2D eigenvalue weighted by Crippen LogP contribution is 2.37. The molecule has 0 bridgehead atoms. The van der Waals surface area contributed by atoms with E-state index in [2.05, 4.69) is 27.7 Å². The molecule has 29 heavy (non-hydrogen) atoms. The van der Waals surface area contributed by atoms with Gasteiger partial charge in [0.1, 0.15) is 5.75 Å². The Morgan fingerprint density at radius 1 is 1.07 bits per heavy atom. The van der Waals surface area contributed by atoms with Crippen molar-refractivity contribution < 1.29 is 14.3 Å². The number of thiophene rings is 1. The zero-order chi connectivity index (χ0) is 21.9. The van der Waals surface area contributed by atoms with E-state index in [1.165, 1.54) is 11.3 Å². The molecular formula is C24H35NO3S. The maximum atomic E-state index is 13.3. The van der Waals surface area contributed by atoms with Crippen molar-refractivity contribution in [3.63, 3.8) is 0 Å². The second kappa shape index (κ2) is 9.29. The van der Waals surface area contributed by atoms with Crippen molar-refractivity contribution in [3.05, 3.63) is 28.6 Å². The molecule has 0 radical (unpaired) electrons. The van der Waals surface area contributed by atoms with Crippen LogP contribution in [-0.2, 0) is 11.2 Å². The standard InChI is InChI=1S/C24H35NO3S/c1-15(2)13-25(14-16(3)4)21(26)12-19-18-11-17(28-8)9-10-20(18)29-22(19)23(27)24(5,6)7/h9-11,15-16H,12-14H2,1-8H3. The Morgan fingerprint density at radius 3 is 2.14 bits per heavy atom. The van der Waals surface area contributed by atoms with E-state index in [4.69, 9.17) is 4.74 Å². The average molecular weight is 418 g/mol. The molecule has 1 aromatic carbocycles. The number of Topliss-reactive ketones (excluding diaryl/α,β-unsaturated/α-hetero) is 1. The van der Waals surface area contributed by atoms with E-state index in [0.717, 1.165) is 34.5 Å². The van der Waals surface area contributed by atoms with Gasteiger partial charge in [-0.15, -0.1) is 11.3 Å². The zero-order valence-electron chi connectivity index (χ0n) is 19.1. The van der Waals surface area contributed by atoms with Gasteiger partial charge < -0.3 is 9.64 Å². The normalized spacial score (nSPS) is 12.1. The average Bonchev–Trinajstić information content (AvgIpc) is 2.96. The van der Waals surface area contributed by atoms with Crippen LogP contribution in [0.5, 0.6) is 5.75 Å². The molecule has 0 unspecified atom stereocenters. The third-order valence-corrected chi connectivity index (χ3v) is 5.95. The van der Waals surface area contributed by atoms with E-state index < -0.39 is 5.41 Å². The summed E-state index contributed by atoms with van der Waals surface area (Å²) >= 11 is 1.48. The fourth-order valence-electron chi connectivity index (χ4n) is 3.38. The number of carbonyl (C=O) groups is 2. The highest BCUT2D eigenvalue weighted by molar-refractivity contribution is 7.21. The molecule has 2 aromatic rings. The summed E-state index contributed by atoms with van der Waals surface area (Å²) in [6.45, 7) is 15.7. The number of methoxy groups -OCH3 is 1. The van der Waals surface area contributed by atoms with E-state index >= 15 is 0 Å². The Bertz CT molecular complexity index is 864. The number of ketones is 1. The van der Waals surface area contributed by atoms with Gasteiger partial charge in [-0.1, -0.05) is 48.5 Å². The molecule has 0 N–H and O–H groups in total. The molecular weight excluding hydrogens is 382 g/mol. The summed E-state index contributed by atoms with van der Waals surface area (Å²) in [5, 5.41) is 0.948. The van der Waals surface area contributed by atoms with Gasteiger partial charge in [-0.3, -0.25) is 9.59 Å². The van der Waals surface area contributed by atoms with Crippen molar-refractivity contribution in [2.24, 2.45) is 17.3 Å². The minimum atomic E-state index is -0.502. The smallest absolute Gasteiger partial charge is 0.227 e. The topological polar surface area (TPSA) is 46.6 Å². The van der Waals surface area contributed by atoms with Crippen molar-refractivity contribution in [2.45, 2.75) is 54.9 Å². The summed E-state index contributed by atoms with van der Waals surface area (Å²) in [5.74, 6) is 1.69. The monoisotopic (exact) mass is 417 g/mol. The maximum Gasteiger partial charge on any atom is 0.227 e. The predicted octanol–water partition coefficient (Wildman–Crippen LogP) is 5.82. The predicted molar refractivity (Wildman–Crippen MR) is 122 cm³/mol. The Balaban J connectivity index is 2.52. The molecule has 0 aliphatic heterocycles. The van der Waals surface area contributed by atoms with Gasteiger partial charge in [0, 0.05) is 28.6 Å². The van der Waals surface area contributed by atoms with E-state index in [-0.39, 0.29) is 18.1 Å². The van der Waals surface area contributed by atoms with Crippen molar-refractivity contribution in [1.29, 1.82) is 0 Å². The van der Waals surface area contributed by atoms with Crippen molar-refractivity contribution in [2.75, 3.05) is 20.2 Å². The van der Waals surface area contributed by atoms with Gasteiger partial charge in [-0.05, 0) is 35.6 Å². The fourth-order valence-corrected chi connectivity index (χ4v) is 4.73. The lowest BCUT2D eigenvalue weighted by molar-refractivity contribution is -0.131. The van der Waals surface area contributed by atoms with Crippen LogP contribution < -0.4 is 4.74 Å². The molecule has 0 saturated carbocycles. The summed E-state index contributed by atoms with van der Waals surface area (Å²) in [5.41, 5.74) is 0.338. The van der Waals surface area contributed by atoms with Crippen LogP contribution in [0, 0.1) is 17.3 Å². The summed E-state index contributed by atoms with van der Waals surface area (Å²) in [7, 11) is 1.63. The fraction of sp³-hybridized carbons (Fsp3) is 0.583. The molecule has 0 aliphatic carbocycles. The highest BCUT2D eigenvalue weighted by Gasteiger charge is 2.30.